The summed E-state index contributed by atoms with van der Waals surface area (Å²) in [6.07, 6.45) is 0. The summed E-state index contributed by atoms with van der Waals surface area (Å²) >= 11 is 0. The molecule has 1 heterocycles. The Morgan fingerprint density at radius 2 is 1.59 bits per heavy atom. The number of nitrogen functional groups attached to an aromatic ring is 1. The van der Waals surface area contributed by atoms with Crippen LogP contribution in [-0.4, -0.2) is 5.10 Å². The van der Waals surface area contributed by atoms with Gasteiger partial charge in [0.25, 0.3) is 5.52 Å². The molecule has 0 saturated carbocycles. The van der Waals surface area contributed by atoms with Crippen LogP contribution in [0.4, 0.5) is 0 Å². The second-order valence-electron chi connectivity index (χ2n) is 3.90. The second-order valence-corrected chi connectivity index (χ2v) is 3.90. The van der Waals surface area contributed by atoms with E-state index in [1.54, 1.807) is 0 Å². The Hall–Kier alpha value is -2.42. The lowest BCUT2D eigenvalue weighted by molar-refractivity contribution is -0.673. The lowest BCUT2D eigenvalue weighted by Crippen LogP contribution is -2.48. The summed E-state index contributed by atoms with van der Waals surface area (Å²) in [5.74, 6) is 5.90. The molecule has 17 heavy (non-hydrogen) atoms. The first-order valence-corrected chi connectivity index (χ1v) is 5.47. The lowest BCUT2D eigenvalue weighted by atomic mass is 10.1. The molecule has 0 spiro atoms. The molecule has 0 radical (unpaired) electrons. The number of nitrogens with zero attached hydrogens (tertiary/aromatic N) is 2. The Morgan fingerprint density at radius 3 is 2.41 bits per heavy atom. The Balaban J connectivity index is 2.26. The third-order valence-corrected chi connectivity index (χ3v) is 2.76. The topological polar surface area (TPSA) is 42.8 Å². The minimum atomic E-state index is 0.881. The van der Waals surface area contributed by atoms with E-state index in [1.165, 1.54) is 4.79 Å². The number of para-hydroxylation sites is 1. The highest BCUT2D eigenvalue weighted by Crippen LogP contribution is 2.18. The Labute approximate surface area is 99.1 Å². The Morgan fingerprint density at radius 1 is 0.882 bits per heavy atom. The van der Waals surface area contributed by atoms with Crippen molar-refractivity contribution < 1.29 is 4.79 Å². The SMILES string of the molecule is N[n+]1nc(-c2ccccc2)cc2ccccc21. The van der Waals surface area contributed by atoms with E-state index in [0.717, 1.165) is 22.2 Å². The van der Waals surface area contributed by atoms with Gasteiger partial charge in [-0.25, -0.2) is 0 Å². The van der Waals surface area contributed by atoms with Gasteiger partial charge in [-0.2, -0.15) is 5.84 Å². The number of fused-ring (bicyclic) bond motifs is 1. The first-order chi connectivity index (χ1) is 8.34. The zero-order valence-corrected chi connectivity index (χ0v) is 9.25. The summed E-state index contributed by atoms with van der Waals surface area (Å²) in [4.78, 5) is 1.43. The van der Waals surface area contributed by atoms with Crippen LogP contribution in [0, 0.1) is 0 Å². The van der Waals surface area contributed by atoms with Gasteiger partial charge in [0.05, 0.1) is 5.39 Å². The number of benzene rings is 2. The fourth-order valence-electron chi connectivity index (χ4n) is 1.91. The van der Waals surface area contributed by atoms with Crippen LogP contribution in [0.3, 0.4) is 0 Å². The summed E-state index contributed by atoms with van der Waals surface area (Å²) in [6, 6.07) is 20.0. The molecule has 0 fully saturated rings. The summed E-state index contributed by atoms with van der Waals surface area (Å²) in [6.45, 7) is 0. The fourth-order valence-corrected chi connectivity index (χ4v) is 1.91. The molecular formula is C14H12N3+. The molecule has 3 aromatic rings. The third kappa shape index (κ3) is 1.72. The molecular weight excluding hydrogens is 210 g/mol. The molecule has 2 N–H and O–H groups in total. The van der Waals surface area contributed by atoms with Gasteiger partial charge < -0.3 is 0 Å². The summed E-state index contributed by atoms with van der Waals surface area (Å²) in [7, 11) is 0. The van der Waals surface area contributed by atoms with Gasteiger partial charge in [0.1, 0.15) is 5.69 Å². The molecule has 82 valence electrons. The molecule has 3 rings (SSSR count). The van der Waals surface area contributed by atoms with Gasteiger partial charge >= 0.3 is 0 Å². The smallest absolute Gasteiger partial charge is 0.180 e. The van der Waals surface area contributed by atoms with Crippen LogP contribution in [0.15, 0.2) is 60.7 Å². The molecule has 0 aliphatic rings. The molecule has 0 unspecified atom stereocenters. The molecule has 0 saturated heterocycles. The molecule has 3 heteroatoms. The number of nitrogens with two attached hydrogens (primary N) is 1. The standard InChI is InChI=1S/C14H12N3/c15-17-14-9-5-4-8-12(14)10-13(16-17)11-6-2-1-3-7-11/h1-10H,(H2,15,16)/q+1. The summed E-state index contributed by atoms with van der Waals surface area (Å²) in [5, 5.41) is 5.45. The largest absolute Gasteiger partial charge is 0.272 e. The number of hydrogen-bond acceptors (Lipinski definition) is 2. The van der Waals surface area contributed by atoms with E-state index in [4.69, 9.17) is 5.84 Å². The average molecular weight is 222 g/mol. The van der Waals surface area contributed by atoms with E-state index in [-0.39, 0.29) is 0 Å². The molecule has 0 aliphatic carbocycles. The van der Waals surface area contributed by atoms with Gasteiger partial charge in [-0.1, -0.05) is 42.5 Å². The molecule has 2 aromatic carbocycles. The van der Waals surface area contributed by atoms with Crippen molar-refractivity contribution in [2.24, 2.45) is 0 Å². The van der Waals surface area contributed by atoms with Crippen LogP contribution in [0.2, 0.25) is 0 Å². The minimum absolute atomic E-state index is 0.881. The van der Waals surface area contributed by atoms with Gasteiger partial charge in [0.2, 0.25) is 0 Å². The van der Waals surface area contributed by atoms with Gasteiger partial charge in [0, 0.05) is 21.5 Å². The van der Waals surface area contributed by atoms with E-state index >= 15 is 0 Å². The molecule has 3 nitrogen and oxygen atoms in total. The average Bonchev–Trinajstić information content (AvgIpc) is 2.40. The fraction of sp³-hybridized carbons (Fsp3) is 0. The normalized spacial score (nSPS) is 10.6. The number of hydrogen-bond donors (Lipinski definition) is 1. The summed E-state index contributed by atoms with van der Waals surface area (Å²) < 4.78 is 0. The van der Waals surface area contributed by atoms with E-state index in [1.807, 2.05) is 60.7 Å². The quantitative estimate of drug-likeness (QED) is 0.505. The van der Waals surface area contributed by atoms with Crippen molar-refractivity contribution in [2.75, 3.05) is 5.84 Å². The number of rotatable bonds is 1. The van der Waals surface area contributed by atoms with Crippen molar-refractivity contribution >= 4 is 10.9 Å². The van der Waals surface area contributed by atoms with Crippen LogP contribution in [-0.2, 0) is 0 Å². The molecule has 0 amide bonds. The highest BCUT2D eigenvalue weighted by atomic mass is 15.5. The van der Waals surface area contributed by atoms with Gasteiger partial charge in [-0.15, -0.1) is 0 Å². The number of aromatic nitrogens is 2. The Kier molecular flexibility index (Phi) is 2.22. The van der Waals surface area contributed by atoms with Crippen LogP contribution in [0.5, 0.6) is 0 Å². The van der Waals surface area contributed by atoms with E-state index < -0.39 is 0 Å². The zero-order valence-electron chi connectivity index (χ0n) is 9.25. The predicted octanol–water partition coefficient (Wildman–Crippen LogP) is 1.90. The van der Waals surface area contributed by atoms with E-state index in [2.05, 4.69) is 5.10 Å². The molecule has 1 aromatic heterocycles. The van der Waals surface area contributed by atoms with E-state index in [0.29, 0.717) is 0 Å². The molecule has 0 bridgehead atoms. The first kappa shape index (κ1) is 9.78. The van der Waals surface area contributed by atoms with Crippen molar-refractivity contribution in [1.29, 1.82) is 0 Å². The van der Waals surface area contributed by atoms with E-state index in [9.17, 15) is 0 Å². The Bertz CT molecular complexity index is 663. The predicted molar refractivity (Wildman–Crippen MR) is 67.5 cm³/mol. The van der Waals surface area contributed by atoms with Crippen molar-refractivity contribution in [3.05, 3.63) is 60.7 Å². The van der Waals surface area contributed by atoms with Crippen molar-refractivity contribution in [3.63, 3.8) is 0 Å². The lowest BCUT2D eigenvalue weighted by Gasteiger charge is -1.99. The second kappa shape index (κ2) is 3.87. The first-order valence-electron chi connectivity index (χ1n) is 5.47. The molecule has 0 aliphatic heterocycles. The van der Waals surface area contributed by atoms with Gasteiger partial charge in [0.15, 0.2) is 0 Å². The van der Waals surface area contributed by atoms with Crippen LogP contribution in [0.25, 0.3) is 22.2 Å². The monoisotopic (exact) mass is 222 g/mol. The minimum Gasteiger partial charge on any atom is -0.180 e. The summed E-state index contributed by atoms with van der Waals surface area (Å²) in [5.41, 5.74) is 2.87. The zero-order chi connectivity index (χ0) is 11.7. The maximum Gasteiger partial charge on any atom is 0.272 e. The van der Waals surface area contributed by atoms with Crippen LogP contribution >= 0.6 is 0 Å². The van der Waals surface area contributed by atoms with Gasteiger partial charge in [-0.05, 0) is 12.1 Å². The highest BCUT2D eigenvalue weighted by Gasteiger charge is 2.11. The van der Waals surface area contributed by atoms with Crippen molar-refractivity contribution in [1.82, 2.24) is 5.10 Å². The van der Waals surface area contributed by atoms with Crippen molar-refractivity contribution in [2.45, 2.75) is 0 Å². The van der Waals surface area contributed by atoms with Crippen LogP contribution in [0.1, 0.15) is 0 Å². The third-order valence-electron chi connectivity index (χ3n) is 2.76. The maximum absolute atomic E-state index is 5.90. The highest BCUT2D eigenvalue weighted by molar-refractivity contribution is 5.79. The maximum atomic E-state index is 5.90. The molecule has 0 atom stereocenters. The van der Waals surface area contributed by atoms with Gasteiger partial charge in [-0.3, -0.25) is 0 Å². The van der Waals surface area contributed by atoms with Crippen LogP contribution < -0.4 is 10.6 Å². The van der Waals surface area contributed by atoms with Crippen molar-refractivity contribution in [3.8, 4) is 11.3 Å².